The summed E-state index contributed by atoms with van der Waals surface area (Å²) in [5.74, 6) is -0.661. The molecule has 2 aromatic rings. The number of aryl methyl sites for hydroxylation is 1. The van der Waals surface area contributed by atoms with Gasteiger partial charge in [0.1, 0.15) is 16.5 Å². The number of hydrogen-bond donors (Lipinski definition) is 1. The van der Waals surface area contributed by atoms with Gasteiger partial charge in [-0.3, -0.25) is 4.98 Å². The summed E-state index contributed by atoms with van der Waals surface area (Å²) in [6.07, 6.45) is 0. The zero-order chi connectivity index (χ0) is 15.4. The second kappa shape index (κ2) is 6.54. The molecular weight excluding hydrogens is 290 g/mol. The second-order valence-corrected chi connectivity index (χ2v) is 4.98. The Labute approximate surface area is 128 Å². The van der Waals surface area contributed by atoms with Gasteiger partial charge in [-0.15, -0.1) is 0 Å². The summed E-state index contributed by atoms with van der Waals surface area (Å²) in [6, 6.07) is 8.70. The molecule has 0 spiro atoms. The first-order valence-corrected chi connectivity index (χ1v) is 6.96. The number of nitrogens with zero attached hydrogens (tertiary/aromatic N) is 3. The first-order chi connectivity index (χ1) is 10.0. The van der Waals surface area contributed by atoms with E-state index in [-0.39, 0.29) is 10.7 Å². The van der Waals surface area contributed by atoms with E-state index in [4.69, 9.17) is 11.6 Å². The van der Waals surface area contributed by atoms with Crippen LogP contribution in [-0.2, 0) is 6.54 Å². The number of aromatic nitrogens is 2. The Bertz CT molecular complexity index is 661. The minimum atomic E-state index is -1.02. The number of carboxylic acid groups (broad SMARTS) is 1. The van der Waals surface area contributed by atoms with Gasteiger partial charge in [0.05, 0.1) is 12.2 Å². The van der Waals surface area contributed by atoms with Crippen LogP contribution in [0.2, 0.25) is 5.15 Å². The molecule has 110 valence electrons. The molecule has 1 N–H and O–H groups in total. The van der Waals surface area contributed by atoms with Crippen molar-refractivity contribution in [2.24, 2.45) is 0 Å². The Hall–Kier alpha value is -2.14. The van der Waals surface area contributed by atoms with E-state index in [9.17, 15) is 9.90 Å². The number of rotatable bonds is 5. The van der Waals surface area contributed by atoms with Gasteiger partial charge in [0.2, 0.25) is 0 Å². The third kappa shape index (κ3) is 3.70. The molecule has 2 rings (SSSR count). The van der Waals surface area contributed by atoms with E-state index in [0.29, 0.717) is 18.9 Å². The SMILES string of the molecule is CCN(Cc1cccc(C)n1)c1nc(Cl)ccc1C(=O)O. The summed E-state index contributed by atoms with van der Waals surface area (Å²) >= 11 is 5.90. The first kappa shape index (κ1) is 15.3. The van der Waals surface area contributed by atoms with Crippen molar-refractivity contribution in [3.8, 4) is 0 Å². The maximum absolute atomic E-state index is 11.3. The highest BCUT2D eigenvalue weighted by Gasteiger charge is 2.18. The summed E-state index contributed by atoms with van der Waals surface area (Å²) in [5.41, 5.74) is 1.91. The Morgan fingerprint density at radius 2 is 2.05 bits per heavy atom. The molecule has 0 fully saturated rings. The average Bonchev–Trinajstić information content (AvgIpc) is 2.44. The van der Waals surface area contributed by atoms with Crippen LogP contribution in [0, 0.1) is 6.92 Å². The van der Waals surface area contributed by atoms with Gasteiger partial charge < -0.3 is 10.0 Å². The lowest BCUT2D eigenvalue weighted by atomic mass is 10.2. The van der Waals surface area contributed by atoms with Crippen LogP contribution in [0.3, 0.4) is 0 Å². The summed E-state index contributed by atoms with van der Waals surface area (Å²) in [6.45, 7) is 4.93. The molecule has 0 aliphatic heterocycles. The molecular formula is C15H16ClN3O2. The maximum Gasteiger partial charge on any atom is 0.339 e. The molecule has 0 amide bonds. The Kier molecular flexibility index (Phi) is 4.75. The quantitative estimate of drug-likeness (QED) is 0.860. The smallest absolute Gasteiger partial charge is 0.339 e. The molecule has 5 nitrogen and oxygen atoms in total. The average molecular weight is 306 g/mol. The maximum atomic E-state index is 11.3. The van der Waals surface area contributed by atoms with Crippen molar-refractivity contribution in [1.82, 2.24) is 9.97 Å². The Balaban J connectivity index is 2.37. The molecule has 2 heterocycles. The van der Waals surface area contributed by atoms with Crippen molar-refractivity contribution < 1.29 is 9.90 Å². The topological polar surface area (TPSA) is 66.3 Å². The van der Waals surface area contributed by atoms with Crippen LogP contribution < -0.4 is 4.90 Å². The van der Waals surface area contributed by atoms with Gasteiger partial charge >= 0.3 is 5.97 Å². The normalized spacial score (nSPS) is 10.4. The van der Waals surface area contributed by atoms with E-state index in [1.165, 1.54) is 12.1 Å². The fraction of sp³-hybridized carbons (Fsp3) is 0.267. The van der Waals surface area contributed by atoms with Gasteiger partial charge in [-0.2, -0.15) is 0 Å². The van der Waals surface area contributed by atoms with Crippen LogP contribution in [0.25, 0.3) is 0 Å². The fourth-order valence-electron chi connectivity index (χ4n) is 2.05. The number of halogens is 1. The molecule has 6 heteroatoms. The van der Waals surface area contributed by atoms with E-state index in [1.54, 1.807) is 0 Å². The molecule has 0 saturated carbocycles. The summed E-state index contributed by atoms with van der Waals surface area (Å²) in [5, 5.41) is 9.55. The third-order valence-electron chi connectivity index (χ3n) is 3.05. The number of carboxylic acids is 1. The lowest BCUT2D eigenvalue weighted by molar-refractivity contribution is 0.0697. The number of pyridine rings is 2. The van der Waals surface area contributed by atoms with E-state index in [2.05, 4.69) is 9.97 Å². The number of carbonyl (C=O) groups is 1. The Morgan fingerprint density at radius 3 is 2.67 bits per heavy atom. The van der Waals surface area contributed by atoms with Crippen molar-refractivity contribution >= 4 is 23.4 Å². The van der Waals surface area contributed by atoms with Crippen LogP contribution in [0.5, 0.6) is 0 Å². The van der Waals surface area contributed by atoms with Crippen molar-refractivity contribution in [2.75, 3.05) is 11.4 Å². The van der Waals surface area contributed by atoms with Crippen LogP contribution in [-0.4, -0.2) is 27.6 Å². The van der Waals surface area contributed by atoms with E-state index < -0.39 is 5.97 Å². The monoisotopic (exact) mass is 305 g/mol. The van der Waals surface area contributed by atoms with Crippen LogP contribution in [0.1, 0.15) is 28.7 Å². The van der Waals surface area contributed by atoms with Crippen LogP contribution in [0.4, 0.5) is 5.82 Å². The van der Waals surface area contributed by atoms with Gasteiger partial charge in [0.25, 0.3) is 0 Å². The molecule has 0 radical (unpaired) electrons. The molecule has 0 aliphatic carbocycles. The lowest BCUT2D eigenvalue weighted by Crippen LogP contribution is -2.26. The minimum Gasteiger partial charge on any atom is -0.478 e. The van der Waals surface area contributed by atoms with E-state index in [0.717, 1.165) is 11.4 Å². The largest absolute Gasteiger partial charge is 0.478 e. The summed E-state index contributed by atoms with van der Waals surface area (Å²) in [4.78, 5) is 21.8. The minimum absolute atomic E-state index is 0.133. The van der Waals surface area contributed by atoms with Crippen LogP contribution in [0.15, 0.2) is 30.3 Å². The van der Waals surface area contributed by atoms with Crippen molar-refractivity contribution in [1.29, 1.82) is 0 Å². The zero-order valence-corrected chi connectivity index (χ0v) is 12.6. The molecule has 0 atom stereocenters. The van der Waals surface area contributed by atoms with Crippen molar-refractivity contribution in [2.45, 2.75) is 20.4 Å². The zero-order valence-electron chi connectivity index (χ0n) is 11.9. The predicted molar refractivity (Wildman–Crippen MR) is 81.9 cm³/mol. The molecule has 0 unspecified atom stereocenters. The standard InChI is InChI=1S/C15H16ClN3O2/c1-3-19(9-11-6-4-5-10(2)17-11)14-12(15(20)21)7-8-13(16)18-14/h4-8H,3,9H2,1-2H3,(H,20,21). The number of hydrogen-bond acceptors (Lipinski definition) is 4. The second-order valence-electron chi connectivity index (χ2n) is 4.59. The van der Waals surface area contributed by atoms with Gasteiger partial charge in [-0.1, -0.05) is 17.7 Å². The predicted octanol–water partition coefficient (Wildman–Crippen LogP) is 3.16. The highest BCUT2D eigenvalue weighted by molar-refractivity contribution is 6.29. The van der Waals surface area contributed by atoms with E-state index in [1.807, 2.05) is 36.9 Å². The molecule has 21 heavy (non-hydrogen) atoms. The van der Waals surface area contributed by atoms with Crippen LogP contribution >= 0.6 is 11.6 Å². The van der Waals surface area contributed by atoms with Gasteiger partial charge in [0, 0.05) is 12.2 Å². The van der Waals surface area contributed by atoms with Gasteiger partial charge in [0.15, 0.2) is 0 Å². The molecule has 0 saturated heterocycles. The highest BCUT2D eigenvalue weighted by atomic mass is 35.5. The first-order valence-electron chi connectivity index (χ1n) is 6.58. The van der Waals surface area contributed by atoms with E-state index >= 15 is 0 Å². The molecule has 0 bridgehead atoms. The summed E-state index contributed by atoms with van der Waals surface area (Å²) < 4.78 is 0. The summed E-state index contributed by atoms with van der Waals surface area (Å²) in [7, 11) is 0. The van der Waals surface area contributed by atoms with Crippen molar-refractivity contribution in [3.63, 3.8) is 0 Å². The fourth-order valence-corrected chi connectivity index (χ4v) is 2.20. The number of anilines is 1. The highest BCUT2D eigenvalue weighted by Crippen LogP contribution is 2.22. The lowest BCUT2D eigenvalue weighted by Gasteiger charge is -2.23. The molecule has 0 aliphatic rings. The number of aromatic carboxylic acids is 1. The third-order valence-corrected chi connectivity index (χ3v) is 3.26. The van der Waals surface area contributed by atoms with Gasteiger partial charge in [-0.05, 0) is 38.1 Å². The Morgan fingerprint density at radius 1 is 1.29 bits per heavy atom. The van der Waals surface area contributed by atoms with Crippen molar-refractivity contribution in [3.05, 3.63) is 52.4 Å². The molecule has 2 aromatic heterocycles. The van der Waals surface area contributed by atoms with Gasteiger partial charge in [-0.25, -0.2) is 9.78 Å². The molecule has 0 aromatic carbocycles.